The lowest BCUT2D eigenvalue weighted by molar-refractivity contribution is 0.398. The molecule has 3 rings (SSSR count). The van der Waals surface area contributed by atoms with Crippen molar-refractivity contribution in [2.24, 2.45) is 0 Å². The van der Waals surface area contributed by atoms with Gasteiger partial charge in [-0.1, -0.05) is 17.7 Å². The van der Waals surface area contributed by atoms with Crippen LogP contribution in [0.25, 0.3) is 0 Å². The first-order valence-corrected chi connectivity index (χ1v) is 8.36. The maximum absolute atomic E-state index is 13.2. The minimum absolute atomic E-state index is 0.242. The molecule has 0 saturated carbocycles. The number of ether oxygens (including phenoxy) is 1. The summed E-state index contributed by atoms with van der Waals surface area (Å²) >= 11 is 11.6. The first kappa shape index (κ1) is 16.9. The van der Waals surface area contributed by atoms with Gasteiger partial charge in [0.1, 0.15) is 5.82 Å². The molecule has 0 amide bonds. The molecular weight excluding hydrogens is 349 g/mol. The topological polar surface area (TPSA) is 37.4 Å². The Kier molecular flexibility index (Phi) is 5.16. The van der Waals surface area contributed by atoms with Crippen LogP contribution in [-0.4, -0.2) is 35.2 Å². The molecule has 1 saturated heterocycles. The van der Waals surface area contributed by atoms with Crippen LogP contribution in [0.15, 0.2) is 36.5 Å². The smallest absolute Gasteiger partial charge is 0.213 e. The quantitative estimate of drug-likeness (QED) is 0.830. The largest absolute Gasteiger partial charge is 0.481 e. The van der Waals surface area contributed by atoms with Gasteiger partial charge in [-0.15, -0.1) is 0 Å². The fraction of sp³-hybridized carbons (Fsp3) is 0.294. The Morgan fingerprint density at radius 3 is 2.92 bits per heavy atom. The maximum atomic E-state index is 13.2. The van der Waals surface area contributed by atoms with Gasteiger partial charge in [0.2, 0.25) is 5.88 Å². The number of likely N-dealkylation sites (tertiary alicyclic amines) is 1. The normalized spacial score (nSPS) is 17.0. The average Bonchev–Trinajstić information content (AvgIpc) is 3.05. The van der Waals surface area contributed by atoms with E-state index in [9.17, 15) is 4.39 Å². The van der Waals surface area contributed by atoms with Gasteiger partial charge in [-0.3, -0.25) is 0 Å². The van der Waals surface area contributed by atoms with Crippen molar-refractivity contribution in [1.29, 1.82) is 0 Å². The maximum Gasteiger partial charge on any atom is 0.213 e. The third-order valence-corrected chi connectivity index (χ3v) is 4.76. The van der Waals surface area contributed by atoms with Gasteiger partial charge in [-0.25, -0.2) is 9.37 Å². The lowest BCUT2D eigenvalue weighted by Gasteiger charge is -2.21. The second-order valence-electron chi connectivity index (χ2n) is 5.62. The first-order valence-electron chi connectivity index (χ1n) is 7.57. The Bertz CT molecular complexity index is 741. The molecule has 24 heavy (non-hydrogen) atoms. The second kappa shape index (κ2) is 7.32. The molecule has 1 N–H and O–H groups in total. The highest BCUT2D eigenvalue weighted by molar-refractivity contribution is 7.80. The fourth-order valence-corrected chi connectivity index (χ4v) is 3.41. The Morgan fingerprint density at radius 2 is 2.25 bits per heavy atom. The highest BCUT2D eigenvalue weighted by Crippen LogP contribution is 2.32. The standard InChI is InChI=1S/C17H17ClFN3OS/c1-23-16-5-3-13(9-20-16)21-17(24)22-7-6-11(10-22)14-4-2-12(19)8-15(14)18/h2-5,8-9,11H,6-7,10H2,1H3,(H,21,24). The number of nitrogens with one attached hydrogen (secondary N) is 1. The predicted octanol–water partition coefficient (Wildman–Crippen LogP) is 4.07. The Balaban J connectivity index is 1.63. The minimum Gasteiger partial charge on any atom is -0.481 e. The lowest BCUT2D eigenvalue weighted by atomic mass is 9.98. The number of rotatable bonds is 3. The van der Waals surface area contributed by atoms with Crippen molar-refractivity contribution in [1.82, 2.24) is 9.88 Å². The highest BCUT2D eigenvalue weighted by Gasteiger charge is 2.27. The lowest BCUT2D eigenvalue weighted by Crippen LogP contribution is -2.32. The number of halogens is 2. The Hall–Kier alpha value is -1.92. The van der Waals surface area contributed by atoms with E-state index in [1.165, 1.54) is 12.1 Å². The molecule has 7 heteroatoms. The van der Waals surface area contributed by atoms with E-state index in [1.807, 2.05) is 6.07 Å². The van der Waals surface area contributed by atoms with Gasteiger partial charge in [0, 0.05) is 30.1 Å². The van der Waals surface area contributed by atoms with Crippen molar-refractivity contribution in [3.63, 3.8) is 0 Å². The predicted molar refractivity (Wildman–Crippen MR) is 97.4 cm³/mol. The van der Waals surface area contributed by atoms with Crippen molar-refractivity contribution in [3.05, 3.63) is 52.9 Å². The van der Waals surface area contributed by atoms with Gasteiger partial charge in [-0.05, 0) is 42.4 Å². The molecular formula is C17H17ClFN3OS. The van der Waals surface area contributed by atoms with Crippen LogP contribution in [0.1, 0.15) is 17.9 Å². The monoisotopic (exact) mass is 365 g/mol. The summed E-state index contributed by atoms with van der Waals surface area (Å²) in [6.07, 6.45) is 2.60. The van der Waals surface area contributed by atoms with Crippen molar-refractivity contribution in [2.75, 3.05) is 25.5 Å². The number of hydrogen-bond donors (Lipinski definition) is 1. The summed E-state index contributed by atoms with van der Waals surface area (Å²) in [5, 5.41) is 4.29. The molecule has 2 heterocycles. The van der Waals surface area contributed by atoms with E-state index in [2.05, 4.69) is 15.2 Å². The zero-order valence-corrected chi connectivity index (χ0v) is 14.7. The van der Waals surface area contributed by atoms with Gasteiger partial charge in [0.05, 0.1) is 19.0 Å². The summed E-state index contributed by atoms with van der Waals surface area (Å²) in [6, 6.07) is 8.21. The molecule has 1 aromatic heterocycles. The highest BCUT2D eigenvalue weighted by atomic mass is 35.5. The summed E-state index contributed by atoms with van der Waals surface area (Å²) in [5.41, 5.74) is 1.78. The molecule has 1 aliphatic heterocycles. The van der Waals surface area contributed by atoms with Crippen LogP contribution in [0.4, 0.5) is 10.1 Å². The van der Waals surface area contributed by atoms with E-state index in [0.717, 1.165) is 30.8 Å². The molecule has 126 valence electrons. The molecule has 2 aromatic rings. The van der Waals surface area contributed by atoms with Gasteiger partial charge in [0.25, 0.3) is 0 Å². The number of aromatic nitrogens is 1. The number of thiocarbonyl (C=S) groups is 1. The SMILES string of the molecule is COc1ccc(NC(=S)N2CCC(c3ccc(F)cc3Cl)C2)cn1. The molecule has 1 fully saturated rings. The van der Waals surface area contributed by atoms with Gasteiger partial charge < -0.3 is 15.0 Å². The molecule has 1 aliphatic rings. The van der Waals surface area contributed by atoms with E-state index in [1.54, 1.807) is 25.4 Å². The molecule has 1 atom stereocenters. The Labute approximate surface area is 150 Å². The van der Waals surface area contributed by atoms with E-state index in [-0.39, 0.29) is 11.7 Å². The van der Waals surface area contributed by atoms with Crippen LogP contribution < -0.4 is 10.1 Å². The molecule has 0 bridgehead atoms. The van der Waals surface area contributed by atoms with Crippen molar-refractivity contribution >= 4 is 34.6 Å². The van der Waals surface area contributed by atoms with Crippen LogP contribution in [0.3, 0.4) is 0 Å². The molecule has 1 unspecified atom stereocenters. The summed E-state index contributed by atoms with van der Waals surface area (Å²) in [7, 11) is 1.57. The summed E-state index contributed by atoms with van der Waals surface area (Å²) in [5.74, 6) is 0.480. The average molecular weight is 366 g/mol. The molecule has 4 nitrogen and oxygen atoms in total. The van der Waals surface area contributed by atoms with Gasteiger partial charge in [-0.2, -0.15) is 0 Å². The molecule has 0 aliphatic carbocycles. The van der Waals surface area contributed by atoms with E-state index in [4.69, 9.17) is 28.6 Å². The van der Waals surface area contributed by atoms with Crippen LogP contribution >= 0.6 is 23.8 Å². The third-order valence-electron chi connectivity index (χ3n) is 4.07. The van der Waals surface area contributed by atoms with Gasteiger partial charge >= 0.3 is 0 Å². The number of benzene rings is 1. The minimum atomic E-state index is -0.317. The number of pyridine rings is 1. The second-order valence-corrected chi connectivity index (χ2v) is 6.41. The van der Waals surface area contributed by atoms with Crippen LogP contribution in [-0.2, 0) is 0 Å². The van der Waals surface area contributed by atoms with E-state index < -0.39 is 0 Å². The number of anilines is 1. The van der Waals surface area contributed by atoms with Crippen molar-refractivity contribution in [3.8, 4) is 5.88 Å². The summed E-state index contributed by atoms with van der Waals surface area (Å²) < 4.78 is 18.2. The molecule has 0 spiro atoms. The van der Waals surface area contributed by atoms with Crippen molar-refractivity contribution in [2.45, 2.75) is 12.3 Å². The molecule has 0 radical (unpaired) electrons. The van der Waals surface area contributed by atoms with Gasteiger partial charge in [0.15, 0.2) is 5.11 Å². The third kappa shape index (κ3) is 3.76. The van der Waals surface area contributed by atoms with E-state index in [0.29, 0.717) is 16.0 Å². The summed E-state index contributed by atoms with van der Waals surface area (Å²) in [4.78, 5) is 6.23. The fourth-order valence-electron chi connectivity index (χ4n) is 2.81. The first-order chi connectivity index (χ1) is 11.6. The van der Waals surface area contributed by atoms with E-state index >= 15 is 0 Å². The van der Waals surface area contributed by atoms with Crippen LogP contribution in [0, 0.1) is 5.82 Å². The zero-order valence-electron chi connectivity index (χ0n) is 13.1. The number of nitrogens with zero attached hydrogens (tertiary/aromatic N) is 2. The summed E-state index contributed by atoms with van der Waals surface area (Å²) in [6.45, 7) is 1.58. The zero-order chi connectivity index (χ0) is 17.1. The molecule has 1 aromatic carbocycles. The van der Waals surface area contributed by atoms with Crippen LogP contribution in [0.5, 0.6) is 5.88 Å². The van der Waals surface area contributed by atoms with Crippen LogP contribution in [0.2, 0.25) is 5.02 Å². The number of hydrogen-bond acceptors (Lipinski definition) is 3. The van der Waals surface area contributed by atoms with Crippen molar-refractivity contribution < 1.29 is 9.13 Å². The Morgan fingerprint density at radius 1 is 1.42 bits per heavy atom. The number of methoxy groups -OCH3 is 1.